The Hall–Kier alpha value is -2.42. The van der Waals surface area contributed by atoms with Crippen molar-refractivity contribution in [3.8, 4) is 5.75 Å². The van der Waals surface area contributed by atoms with Gasteiger partial charge in [0.1, 0.15) is 17.9 Å². The number of carbonyl (C=O) groups excluding carboxylic acids is 3. The molecule has 9 heteroatoms. The maximum atomic E-state index is 12.9. The number of barbiturate groups is 1. The highest BCUT2D eigenvalue weighted by atomic mass is 79.9. The molecule has 6 nitrogen and oxygen atoms in total. The van der Waals surface area contributed by atoms with E-state index in [4.69, 9.17) is 16.3 Å². The SMILES string of the molecule is C=CCOc1c(Br)cc(/C=C2\C(=O)NC(=O)N(c3cccc(Cl)c3)C2=O)cc1Br. The van der Waals surface area contributed by atoms with Crippen LogP contribution in [0.15, 0.2) is 63.6 Å². The van der Waals surface area contributed by atoms with Gasteiger partial charge < -0.3 is 4.74 Å². The van der Waals surface area contributed by atoms with Gasteiger partial charge in [0.05, 0.1) is 14.6 Å². The molecule has 0 saturated carbocycles. The monoisotopic (exact) mass is 538 g/mol. The van der Waals surface area contributed by atoms with Crippen LogP contribution < -0.4 is 15.0 Å². The lowest BCUT2D eigenvalue weighted by Gasteiger charge is -2.26. The first-order chi connectivity index (χ1) is 13.8. The molecule has 0 atom stereocenters. The zero-order valence-corrected chi connectivity index (χ0v) is 18.7. The second-order valence-electron chi connectivity index (χ2n) is 5.85. The van der Waals surface area contributed by atoms with Crippen LogP contribution in [-0.2, 0) is 9.59 Å². The highest BCUT2D eigenvalue weighted by Crippen LogP contribution is 2.36. The second kappa shape index (κ2) is 8.94. The van der Waals surface area contributed by atoms with E-state index in [1.165, 1.54) is 12.1 Å². The predicted octanol–water partition coefficient (Wildman–Crippen LogP) is 5.10. The molecule has 29 heavy (non-hydrogen) atoms. The zero-order chi connectivity index (χ0) is 21.1. The summed E-state index contributed by atoms with van der Waals surface area (Å²) in [5.74, 6) is -0.972. The normalized spacial score (nSPS) is 15.5. The summed E-state index contributed by atoms with van der Waals surface area (Å²) in [5.41, 5.74) is 0.616. The summed E-state index contributed by atoms with van der Waals surface area (Å²) in [6.45, 7) is 3.92. The van der Waals surface area contributed by atoms with Gasteiger partial charge in [0.2, 0.25) is 0 Å². The topological polar surface area (TPSA) is 75.7 Å². The molecule has 2 aromatic carbocycles. The standard InChI is InChI=1S/C20H13Br2ClN2O4/c1-2-6-29-17-15(21)8-11(9-16(17)22)7-14-18(26)24-20(28)25(19(14)27)13-5-3-4-12(23)10-13/h2-5,7-10H,1,6H2,(H,24,26,28)/b14-7+. The summed E-state index contributed by atoms with van der Waals surface area (Å²) in [6.07, 6.45) is 3.01. The molecule has 0 bridgehead atoms. The van der Waals surface area contributed by atoms with Crippen molar-refractivity contribution in [2.75, 3.05) is 11.5 Å². The fourth-order valence-electron chi connectivity index (χ4n) is 2.62. The van der Waals surface area contributed by atoms with E-state index in [-0.39, 0.29) is 11.3 Å². The first-order valence-electron chi connectivity index (χ1n) is 8.21. The number of urea groups is 1. The van der Waals surface area contributed by atoms with Gasteiger partial charge in [-0.2, -0.15) is 0 Å². The molecule has 0 aliphatic carbocycles. The van der Waals surface area contributed by atoms with Gasteiger partial charge >= 0.3 is 6.03 Å². The average molecular weight is 541 g/mol. The molecule has 4 amide bonds. The number of nitrogens with one attached hydrogen (secondary N) is 1. The van der Waals surface area contributed by atoms with Gasteiger partial charge in [0.25, 0.3) is 11.8 Å². The van der Waals surface area contributed by atoms with Crippen LogP contribution >= 0.6 is 43.5 Å². The van der Waals surface area contributed by atoms with E-state index >= 15 is 0 Å². The van der Waals surface area contributed by atoms with E-state index in [0.29, 0.717) is 31.9 Å². The third-order valence-corrected chi connectivity index (χ3v) is 5.26. The number of amides is 4. The van der Waals surface area contributed by atoms with E-state index < -0.39 is 17.8 Å². The van der Waals surface area contributed by atoms with Crippen LogP contribution in [0.2, 0.25) is 5.02 Å². The maximum absolute atomic E-state index is 12.9. The van der Waals surface area contributed by atoms with Gasteiger partial charge in [0, 0.05) is 5.02 Å². The minimum atomic E-state index is -0.838. The number of carbonyl (C=O) groups is 3. The molecule has 0 unspecified atom stereocenters. The number of hydrogen-bond donors (Lipinski definition) is 1. The number of nitrogens with zero attached hydrogens (tertiary/aromatic N) is 1. The third kappa shape index (κ3) is 4.60. The third-order valence-electron chi connectivity index (χ3n) is 3.85. The second-order valence-corrected chi connectivity index (χ2v) is 8.00. The molecule has 148 valence electrons. The van der Waals surface area contributed by atoms with Gasteiger partial charge in [-0.3, -0.25) is 14.9 Å². The molecule has 1 fully saturated rings. The van der Waals surface area contributed by atoms with Crippen molar-refractivity contribution in [3.05, 3.63) is 74.2 Å². The first-order valence-corrected chi connectivity index (χ1v) is 10.2. The van der Waals surface area contributed by atoms with Gasteiger partial charge in [-0.1, -0.05) is 30.3 Å². The largest absolute Gasteiger partial charge is 0.487 e. The van der Waals surface area contributed by atoms with Crippen LogP contribution in [0.4, 0.5) is 10.5 Å². The molecular weight excluding hydrogens is 527 g/mol. The number of ether oxygens (including phenoxy) is 1. The summed E-state index contributed by atoms with van der Waals surface area (Å²) in [4.78, 5) is 38.3. The van der Waals surface area contributed by atoms with Gasteiger partial charge in [-0.15, -0.1) is 0 Å². The molecule has 0 radical (unpaired) electrons. The Bertz CT molecular complexity index is 1050. The molecule has 1 aliphatic rings. The number of anilines is 1. The highest BCUT2D eigenvalue weighted by Gasteiger charge is 2.36. The Morgan fingerprint density at radius 3 is 2.45 bits per heavy atom. The molecular formula is C20H13Br2ClN2O4. The summed E-state index contributed by atoms with van der Waals surface area (Å²) in [7, 11) is 0. The van der Waals surface area contributed by atoms with Crippen LogP contribution in [-0.4, -0.2) is 24.5 Å². The molecule has 1 heterocycles. The Labute approximate surface area is 188 Å². The van der Waals surface area contributed by atoms with Crippen molar-refractivity contribution < 1.29 is 19.1 Å². The molecule has 1 N–H and O–H groups in total. The molecule has 1 aliphatic heterocycles. The van der Waals surface area contributed by atoms with Gasteiger partial charge in [0.15, 0.2) is 0 Å². The van der Waals surface area contributed by atoms with Crippen LogP contribution in [0, 0.1) is 0 Å². The van der Waals surface area contributed by atoms with E-state index in [0.717, 1.165) is 4.90 Å². The van der Waals surface area contributed by atoms with Crippen molar-refractivity contribution in [2.24, 2.45) is 0 Å². The lowest BCUT2D eigenvalue weighted by Crippen LogP contribution is -2.54. The van der Waals surface area contributed by atoms with Gasteiger partial charge in [-0.05, 0) is 73.8 Å². The van der Waals surface area contributed by atoms with Crippen LogP contribution in [0.3, 0.4) is 0 Å². The molecule has 2 aromatic rings. The van der Waals surface area contributed by atoms with Crippen molar-refractivity contribution in [3.63, 3.8) is 0 Å². The lowest BCUT2D eigenvalue weighted by molar-refractivity contribution is -0.122. The number of halogens is 3. The van der Waals surface area contributed by atoms with Crippen molar-refractivity contribution >= 4 is 73.1 Å². The van der Waals surface area contributed by atoms with E-state index in [1.54, 1.807) is 36.4 Å². The van der Waals surface area contributed by atoms with Crippen molar-refractivity contribution in [1.82, 2.24) is 5.32 Å². The summed E-state index contributed by atoms with van der Waals surface area (Å²) >= 11 is 12.8. The fourth-order valence-corrected chi connectivity index (χ4v) is 4.25. The van der Waals surface area contributed by atoms with Crippen LogP contribution in [0.25, 0.3) is 6.08 Å². The Kier molecular flexibility index (Phi) is 6.56. The molecule has 0 aromatic heterocycles. The quantitative estimate of drug-likeness (QED) is 0.326. The summed E-state index contributed by atoms with van der Waals surface area (Å²) < 4.78 is 6.80. The molecule has 1 saturated heterocycles. The van der Waals surface area contributed by atoms with Gasteiger partial charge in [-0.25, -0.2) is 9.69 Å². The minimum absolute atomic E-state index is 0.192. The Balaban J connectivity index is 1.99. The fraction of sp³-hybridized carbons (Fsp3) is 0.0500. The first kappa shape index (κ1) is 21.3. The van der Waals surface area contributed by atoms with E-state index in [2.05, 4.69) is 43.8 Å². The number of rotatable bonds is 5. The molecule has 3 rings (SSSR count). The Morgan fingerprint density at radius 2 is 1.83 bits per heavy atom. The number of hydrogen-bond acceptors (Lipinski definition) is 4. The predicted molar refractivity (Wildman–Crippen MR) is 118 cm³/mol. The lowest BCUT2D eigenvalue weighted by atomic mass is 10.1. The summed E-state index contributed by atoms with van der Waals surface area (Å²) in [6, 6.07) is 8.78. The average Bonchev–Trinajstić information content (AvgIpc) is 2.64. The van der Waals surface area contributed by atoms with Crippen molar-refractivity contribution in [2.45, 2.75) is 0 Å². The van der Waals surface area contributed by atoms with E-state index in [1.807, 2.05) is 0 Å². The van der Waals surface area contributed by atoms with Crippen LogP contribution in [0.1, 0.15) is 5.56 Å². The highest BCUT2D eigenvalue weighted by molar-refractivity contribution is 9.11. The van der Waals surface area contributed by atoms with Crippen LogP contribution in [0.5, 0.6) is 5.75 Å². The van der Waals surface area contributed by atoms with E-state index in [9.17, 15) is 14.4 Å². The summed E-state index contributed by atoms with van der Waals surface area (Å²) in [5, 5.41) is 2.53. The molecule has 0 spiro atoms. The maximum Gasteiger partial charge on any atom is 0.335 e. The minimum Gasteiger partial charge on any atom is -0.487 e. The zero-order valence-electron chi connectivity index (χ0n) is 14.7. The number of benzene rings is 2. The Morgan fingerprint density at radius 1 is 1.14 bits per heavy atom. The van der Waals surface area contributed by atoms with Crippen molar-refractivity contribution in [1.29, 1.82) is 0 Å². The smallest absolute Gasteiger partial charge is 0.335 e. The number of imide groups is 2.